The van der Waals surface area contributed by atoms with Gasteiger partial charge in [0.25, 0.3) is 0 Å². The molecule has 0 saturated heterocycles. The fraction of sp³-hybridized carbons (Fsp3) is 0.133. The minimum absolute atomic E-state index is 0.111. The van der Waals surface area contributed by atoms with E-state index in [-0.39, 0.29) is 6.42 Å². The van der Waals surface area contributed by atoms with Crippen LogP contribution in [0.15, 0.2) is 47.6 Å². The van der Waals surface area contributed by atoms with Gasteiger partial charge >= 0.3 is 5.97 Å². The van der Waals surface area contributed by atoms with Crippen molar-refractivity contribution < 1.29 is 22.7 Å². The van der Waals surface area contributed by atoms with Gasteiger partial charge in [-0.15, -0.1) is 0 Å². The maximum atomic E-state index is 13.1. The Morgan fingerprint density at radius 3 is 2.58 bits per heavy atom. The predicted molar refractivity (Wildman–Crippen MR) is 80.8 cm³/mol. The first-order valence-corrected chi connectivity index (χ1v) is 8.15. The smallest absolute Gasteiger partial charge is 0.322 e. The van der Waals surface area contributed by atoms with Crippen molar-refractivity contribution in [3.8, 4) is 6.07 Å². The molecule has 0 radical (unpaired) electrons. The van der Waals surface area contributed by atoms with Gasteiger partial charge in [0.1, 0.15) is 17.9 Å². The predicted octanol–water partition coefficient (Wildman–Crippen LogP) is 1.07. The van der Waals surface area contributed by atoms with Crippen LogP contribution >= 0.6 is 0 Å². The molecule has 0 aliphatic heterocycles. The van der Waals surface area contributed by atoms with Crippen molar-refractivity contribution in [2.45, 2.75) is 17.4 Å². The van der Waals surface area contributed by atoms with E-state index >= 15 is 0 Å². The average molecular weight is 349 g/mol. The zero-order valence-corrected chi connectivity index (χ0v) is 13.0. The molecule has 1 heterocycles. The zero-order valence-electron chi connectivity index (χ0n) is 12.2. The molecule has 2 N–H and O–H groups in total. The lowest BCUT2D eigenvalue weighted by atomic mass is 10.1. The summed E-state index contributed by atoms with van der Waals surface area (Å²) < 4.78 is 39.9. The largest absolute Gasteiger partial charge is 0.480 e. The third-order valence-corrected chi connectivity index (χ3v) is 4.67. The topological polar surface area (TPSA) is 120 Å². The number of aliphatic carboxylic acids is 1. The number of hydrogen-bond donors (Lipinski definition) is 2. The van der Waals surface area contributed by atoms with Gasteiger partial charge in [-0.05, 0) is 42.3 Å². The number of benzene rings is 1. The molecule has 124 valence electrons. The molecule has 0 spiro atoms. The quantitative estimate of drug-likeness (QED) is 0.805. The highest BCUT2D eigenvalue weighted by Gasteiger charge is 2.27. The molecule has 9 heteroatoms. The zero-order chi connectivity index (χ0) is 17.7. The summed E-state index contributed by atoms with van der Waals surface area (Å²) >= 11 is 0. The molecule has 0 saturated carbocycles. The number of aromatic nitrogens is 1. The molecule has 7 nitrogen and oxygen atoms in total. The van der Waals surface area contributed by atoms with E-state index in [9.17, 15) is 22.7 Å². The molecule has 0 aliphatic carbocycles. The highest BCUT2D eigenvalue weighted by molar-refractivity contribution is 7.89. The van der Waals surface area contributed by atoms with Crippen LogP contribution in [-0.2, 0) is 21.2 Å². The second-order valence-electron chi connectivity index (χ2n) is 4.82. The average Bonchev–Trinajstić information content (AvgIpc) is 2.54. The Kier molecular flexibility index (Phi) is 5.23. The number of halogens is 1. The van der Waals surface area contributed by atoms with Crippen molar-refractivity contribution in [2.24, 2.45) is 0 Å². The van der Waals surface area contributed by atoms with Crippen LogP contribution in [0.25, 0.3) is 0 Å². The van der Waals surface area contributed by atoms with Crippen molar-refractivity contribution in [2.75, 3.05) is 0 Å². The van der Waals surface area contributed by atoms with Crippen LogP contribution < -0.4 is 4.72 Å². The van der Waals surface area contributed by atoms with Gasteiger partial charge in [-0.25, -0.2) is 12.8 Å². The van der Waals surface area contributed by atoms with Crippen LogP contribution in [0.1, 0.15) is 11.1 Å². The van der Waals surface area contributed by atoms with Crippen LogP contribution in [0.5, 0.6) is 0 Å². The number of hydrogen-bond acceptors (Lipinski definition) is 5. The Balaban J connectivity index is 2.32. The highest BCUT2D eigenvalue weighted by atomic mass is 32.2. The van der Waals surface area contributed by atoms with Gasteiger partial charge in [0.05, 0.1) is 10.5 Å². The molecule has 2 aromatic rings. The lowest BCUT2D eigenvalue weighted by molar-refractivity contribution is -0.138. The summed E-state index contributed by atoms with van der Waals surface area (Å²) in [5.41, 5.74) is 0.162. The lowest BCUT2D eigenvalue weighted by Crippen LogP contribution is -2.42. The number of nitrogens with zero attached hydrogens (tertiary/aromatic N) is 2. The van der Waals surface area contributed by atoms with E-state index < -0.39 is 38.3 Å². The fourth-order valence-electron chi connectivity index (χ4n) is 2.01. The molecule has 0 aliphatic rings. The van der Waals surface area contributed by atoms with Crippen molar-refractivity contribution in [3.05, 3.63) is 59.7 Å². The van der Waals surface area contributed by atoms with E-state index in [0.29, 0.717) is 5.56 Å². The first kappa shape index (κ1) is 17.5. The standard InChI is InChI=1S/C15H12FN3O4S/c16-12-1-2-14(11(8-12)9-17)24(22,23)19-13(15(20)21)7-10-3-5-18-6-4-10/h1-6,8,13,19H,7H2,(H,20,21). The monoisotopic (exact) mass is 349 g/mol. The number of rotatable bonds is 6. The van der Waals surface area contributed by atoms with Gasteiger partial charge < -0.3 is 5.11 Å². The molecule has 1 unspecified atom stereocenters. The summed E-state index contributed by atoms with van der Waals surface area (Å²) in [4.78, 5) is 14.7. The maximum Gasteiger partial charge on any atom is 0.322 e. The third kappa shape index (κ3) is 4.13. The Bertz CT molecular complexity index is 895. The number of carboxylic acid groups (broad SMARTS) is 1. The van der Waals surface area contributed by atoms with Crippen molar-refractivity contribution in [1.29, 1.82) is 5.26 Å². The third-order valence-electron chi connectivity index (χ3n) is 3.14. The molecule has 0 bridgehead atoms. The van der Waals surface area contributed by atoms with Crippen LogP contribution in [0.4, 0.5) is 4.39 Å². The number of pyridine rings is 1. The first-order valence-electron chi connectivity index (χ1n) is 6.67. The number of nitrogens with one attached hydrogen (secondary N) is 1. The van der Waals surface area contributed by atoms with Crippen molar-refractivity contribution >= 4 is 16.0 Å². The molecular weight excluding hydrogens is 337 g/mol. The van der Waals surface area contributed by atoms with Gasteiger partial charge in [0, 0.05) is 12.4 Å². The number of carboxylic acids is 1. The van der Waals surface area contributed by atoms with Crippen LogP contribution in [-0.4, -0.2) is 30.5 Å². The highest BCUT2D eigenvalue weighted by Crippen LogP contribution is 2.17. The van der Waals surface area contributed by atoms with Gasteiger partial charge in [-0.2, -0.15) is 9.98 Å². The Labute approximate surface area is 137 Å². The van der Waals surface area contributed by atoms with Crippen LogP contribution in [0, 0.1) is 17.1 Å². The Morgan fingerprint density at radius 1 is 1.33 bits per heavy atom. The summed E-state index contributed by atoms with van der Waals surface area (Å²) in [5.74, 6) is -2.15. The second kappa shape index (κ2) is 7.16. The van der Waals surface area contributed by atoms with Crippen molar-refractivity contribution in [1.82, 2.24) is 9.71 Å². The minimum atomic E-state index is -4.32. The molecule has 1 aromatic carbocycles. The van der Waals surface area contributed by atoms with E-state index in [1.165, 1.54) is 12.4 Å². The van der Waals surface area contributed by atoms with Crippen LogP contribution in [0.2, 0.25) is 0 Å². The van der Waals surface area contributed by atoms with Gasteiger partial charge in [-0.3, -0.25) is 9.78 Å². The Morgan fingerprint density at radius 2 is 2.00 bits per heavy atom. The summed E-state index contributed by atoms with van der Waals surface area (Å²) in [7, 11) is -4.32. The molecule has 24 heavy (non-hydrogen) atoms. The van der Waals surface area contributed by atoms with E-state index in [1.807, 2.05) is 4.72 Å². The van der Waals surface area contributed by atoms with E-state index in [0.717, 1.165) is 18.2 Å². The molecule has 0 amide bonds. The molecule has 0 fully saturated rings. The number of carbonyl (C=O) groups is 1. The number of sulfonamides is 1. The molecule has 1 aromatic heterocycles. The summed E-state index contributed by atoms with van der Waals surface area (Å²) in [6, 6.07) is 5.82. The van der Waals surface area contributed by atoms with E-state index in [2.05, 4.69) is 4.98 Å². The van der Waals surface area contributed by atoms with Crippen molar-refractivity contribution in [3.63, 3.8) is 0 Å². The van der Waals surface area contributed by atoms with Gasteiger partial charge in [-0.1, -0.05) is 0 Å². The fourth-order valence-corrected chi connectivity index (χ4v) is 3.34. The SMILES string of the molecule is N#Cc1cc(F)ccc1S(=O)(=O)NC(Cc1ccncc1)C(=O)O. The number of nitriles is 1. The lowest BCUT2D eigenvalue weighted by Gasteiger charge is -2.15. The molecular formula is C15H12FN3O4S. The van der Waals surface area contributed by atoms with Gasteiger partial charge in [0.15, 0.2) is 0 Å². The summed E-state index contributed by atoms with van der Waals surface area (Å²) in [6.45, 7) is 0. The van der Waals surface area contributed by atoms with E-state index in [4.69, 9.17) is 5.26 Å². The minimum Gasteiger partial charge on any atom is -0.480 e. The first-order chi connectivity index (χ1) is 11.3. The normalized spacial score (nSPS) is 12.3. The molecule has 2 rings (SSSR count). The maximum absolute atomic E-state index is 13.1. The van der Waals surface area contributed by atoms with Gasteiger partial charge in [0.2, 0.25) is 10.0 Å². The van der Waals surface area contributed by atoms with E-state index in [1.54, 1.807) is 18.2 Å². The Hall–Kier alpha value is -2.83. The van der Waals surface area contributed by atoms with Crippen LogP contribution in [0.3, 0.4) is 0 Å². The molecule has 1 atom stereocenters. The second-order valence-corrected chi connectivity index (χ2v) is 6.51. The summed E-state index contributed by atoms with van der Waals surface area (Å²) in [6.07, 6.45) is 2.80. The summed E-state index contributed by atoms with van der Waals surface area (Å²) in [5, 5.41) is 18.2.